The molecule has 0 aliphatic heterocycles. The number of sulfonamides is 1. The molecule has 118 valence electrons. The highest BCUT2D eigenvalue weighted by atomic mass is 32.2. The summed E-state index contributed by atoms with van der Waals surface area (Å²) < 4.78 is 50.2. The minimum Gasteiger partial charge on any atom is -0.493 e. The van der Waals surface area contributed by atoms with Gasteiger partial charge in [0.05, 0.1) is 25.3 Å². The molecule has 0 amide bonds. The van der Waals surface area contributed by atoms with E-state index in [0.717, 1.165) is 12.3 Å². The summed E-state index contributed by atoms with van der Waals surface area (Å²) in [6.45, 7) is 1.63. The van der Waals surface area contributed by atoms with Crippen molar-refractivity contribution >= 4 is 15.8 Å². The Hall–Kier alpha value is -2.35. The van der Waals surface area contributed by atoms with E-state index < -0.39 is 15.8 Å². The lowest BCUT2D eigenvalue weighted by atomic mass is 10.2. The molecule has 0 saturated heterocycles. The Morgan fingerprint density at radius 3 is 2.32 bits per heavy atom. The fourth-order valence-corrected chi connectivity index (χ4v) is 3.13. The molecule has 8 heteroatoms. The lowest BCUT2D eigenvalue weighted by Gasteiger charge is -2.14. The predicted octanol–water partition coefficient (Wildman–Crippen LogP) is 2.35. The molecule has 1 aromatic carbocycles. The summed E-state index contributed by atoms with van der Waals surface area (Å²) in [7, 11) is -1.01. The minimum atomic E-state index is -3.88. The van der Waals surface area contributed by atoms with Gasteiger partial charge >= 0.3 is 0 Å². The molecule has 0 aliphatic carbocycles. The first-order valence-electron chi connectivity index (χ1n) is 6.24. The number of hydrogen-bond acceptors (Lipinski definition) is 5. The van der Waals surface area contributed by atoms with Gasteiger partial charge in [-0.05, 0) is 30.7 Å². The summed E-state index contributed by atoms with van der Waals surface area (Å²) in [5.74, 6) is 0.195. The zero-order valence-electron chi connectivity index (χ0n) is 12.3. The molecule has 0 radical (unpaired) electrons. The second kappa shape index (κ2) is 6.18. The fourth-order valence-electron chi connectivity index (χ4n) is 1.88. The van der Waals surface area contributed by atoms with Crippen LogP contribution in [0.15, 0.2) is 35.4 Å². The first-order chi connectivity index (χ1) is 10.4. The Morgan fingerprint density at radius 1 is 1.14 bits per heavy atom. The van der Waals surface area contributed by atoms with Crippen molar-refractivity contribution in [1.82, 2.24) is 4.98 Å². The number of aryl methyl sites for hydroxylation is 1. The van der Waals surface area contributed by atoms with Crippen molar-refractivity contribution in [2.45, 2.75) is 11.8 Å². The van der Waals surface area contributed by atoms with Crippen molar-refractivity contribution in [3.8, 4) is 11.5 Å². The topological polar surface area (TPSA) is 77.5 Å². The van der Waals surface area contributed by atoms with E-state index in [1.807, 2.05) is 0 Å². The monoisotopic (exact) mass is 326 g/mol. The molecule has 0 spiro atoms. The van der Waals surface area contributed by atoms with E-state index in [4.69, 9.17) is 9.47 Å². The van der Waals surface area contributed by atoms with Gasteiger partial charge in [0, 0.05) is 6.07 Å². The third-order valence-corrected chi connectivity index (χ3v) is 4.43. The number of aromatic nitrogens is 1. The molecule has 1 N–H and O–H groups in total. The average Bonchev–Trinajstić information content (AvgIpc) is 2.48. The van der Waals surface area contributed by atoms with E-state index in [0.29, 0.717) is 17.1 Å². The Kier molecular flexibility index (Phi) is 4.51. The second-order valence-electron chi connectivity index (χ2n) is 4.44. The van der Waals surface area contributed by atoms with Crippen LogP contribution in [-0.2, 0) is 10.0 Å². The third-order valence-electron chi connectivity index (χ3n) is 2.94. The number of nitrogens with one attached hydrogen (secondary N) is 1. The van der Waals surface area contributed by atoms with Crippen LogP contribution in [-0.4, -0.2) is 27.6 Å². The number of benzene rings is 1. The van der Waals surface area contributed by atoms with Gasteiger partial charge in [0.2, 0.25) is 0 Å². The molecule has 0 unspecified atom stereocenters. The number of hydrogen-bond donors (Lipinski definition) is 1. The summed E-state index contributed by atoms with van der Waals surface area (Å²) in [5.41, 5.74) is 0.479. The second-order valence-corrected chi connectivity index (χ2v) is 6.09. The maximum Gasteiger partial charge on any atom is 0.263 e. The van der Waals surface area contributed by atoms with Gasteiger partial charge in [-0.1, -0.05) is 0 Å². The van der Waals surface area contributed by atoms with Crippen LogP contribution in [0.3, 0.4) is 0 Å². The number of methoxy groups -OCH3 is 2. The van der Waals surface area contributed by atoms with Crippen LogP contribution in [0.25, 0.3) is 0 Å². The van der Waals surface area contributed by atoms with Crippen molar-refractivity contribution < 1.29 is 22.3 Å². The van der Waals surface area contributed by atoms with Gasteiger partial charge in [-0.25, -0.2) is 17.8 Å². The van der Waals surface area contributed by atoms with Gasteiger partial charge in [-0.2, -0.15) is 0 Å². The molecule has 2 aromatic rings. The standard InChI is InChI=1S/C14H15FN2O4S/c1-9-6-11(20-2)12(21-3)7-13(9)22(18,19)17-14-5-4-10(15)8-16-14/h4-8H,1-3H3,(H,16,17). The van der Waals surface area contributed by atoms with Crippen LogP contribution in [0.1, 0.15) is 5.56 Å². The lowest BCUT2D eigenvalue weighted by Crippen LogP contribution is -2.15. The highest BCUT2D eigenvalue weighted by Gasteiger charge is 2.21. The Morgan fingerprint density at radius 2 is 1.77 bits per heavy atom. The van der Waals surface area contributed by atoms with Crippen molar-refractivity contribution in [3.05, 3.63) is 41.8 Å². The molecule has 2 rings (SSSR count). The molecule has 0 aliphatic rings. The van der Waals surface area contributed by atoms with Gasteiger partial charge in [0.25, 0.3) is 10.0 Å². The van der Waals surface area contributed by atoms with E-state index in [2.05, 4.69) is 9.71 Å². The third kappa shape index (κ3) is 3.28. The van der Waals surface area contributed by atoms with Crippen LogP contribution in [0.4, 0.5) is 10.2 Å². The summed E-state index contributed by atoms with van der Waals surface area (Å²) in [6, 6.07) is 5.28. The van der Waals surface area contributed by atoms with Crippen LogP contribution >= 0.6 is 0 Å². The molecule has 22 heavy (non-hydrogen) atoms. The van der Waals surface area contributed by atoms with E-state index in [-0.39, 0.29) is 10.7 Å². The lowest BCUT2D eigenvalue weighted by molar-refractivity contribution is 0.353. The smallest absolute Gasteiger partial charge is 0.263 e. The first-order valence-corrected chi connectivity index (χ1v) is 7.72. The molecular weight excluding hydrogens is 311 g/mol. The number of ether oxygens (including phenoxy) is 2. The molecule has 0 bridgehead atoms. The molecule has 1 heterocycles. The van der Waals surface area contributed by atoms with E-state index >= 15 is 0 Å². The molecule has 0 atom stereocenters. The van der Waals surface area contributed by atoms with E-state index in [1.165, 1.54) is 26.4 Å². The van der Waals surface area contributed by atoms with Gasteiger partial charge in [-0.3, -0.25) is 4.72 Å². The van der Waals surface area contributed by atoms with Crippen LogP contribution in [0.5, 0.6) is 11.5 Å². The summed E-state index contributed by atoms with van der Waals surface area (Å²) in [6.07, 6.45) is 0.930. The van der Waals surface area contributed by atoms with Gasteiger partial charge in [0.15, 0.2) is 11.5 Å². The maximum atomic E-state index is 12.8. The largest absolute Gasteiger partial charge is 0.493 e. The van der Waals surface area contributed by atoms with Crippen molar-refractivity contribution in [2.75, 3.05) is 18.9 Å². The number of anilines is 1. The van der Waals surface area contributed by atoms with Gasteiger partial charge in [-0.15, -0.1) is 0 Å². The summed E-state index contributed by atoms with van der Waals surface area (Å²) in [4.78, 5) is 3.70. The molecule has 6 nitrogen and oxygen atoms in total. The minimum absolute atomic E-state index is 0.0237. The summed E-state index contributed by atoms with van der Waals surface area (Å²) >= 11 is 0. The first kappa shape index (κ1) is 16.0. The molecule has 0 fully saturated rings. The van der Waals surface area contributed by atoms with Crippen LogP contribution in [0, 0.1) is 12.7 Å². The van der Waals surface area contributed by atoms with Gasteiger partial charge in [0.1, 0.15) is 11.6 Å². The van der Waals surface area contributed by atoms with Crippen LogP contribution < -0.4 is 14.2 Å². The number of nitrogens with zero attached hydrogens (tertiary/aromatic N) is 1. The quantitative estimate of drug-likeness (QED) is 0.912. The molecule has 0 saturated carbocycles. The predicted molar refractivity (Wildman–Crippen MR) is 79.3 cm³/mol. The normalized spacial score (nSPS) is 11.1. The Bertz CT molecular complexity index is 776. The highest BCUT2D eigenvalue weighted by molar-refractivity contribution is 7.92. The van der Waals surface area contributed by atoms with Gasteiger partial charge < -0.3 is 9.47 Å². The Balaban J connectivity index is 2.42. The van der Waals surface area contributed by atoms with E-state index in [9.17, 15) is 12.8 Å². The SMILES string of the molecule is COc1cc(C)c(S(=O)(=O)Nc2ccc(F)cn2)cc1OC. The Labute approximate surface area is 128 Å². The van der Waals surface area contributed by atoms with Crippen molar-refractivity contribution in [2.24, 2.45) is 0 Å². The number of rotatable bonds is 5. The average molecular weight is 326 g/mol. The number of halogens is 1. The highest BCUT2D eigenvalue weighted by Crippen LogP contribution is 2.32. The van der Waals surface area contributed by atoms with Crippen molar-refractivity contribution in [1.29, 1.82) is 0 Å². The molecule has 1 aromatic heterocycles. The van der Waals surface area contributed by atoms with Crippen molar-refractivity contribution in [3.63, 3.8) is 0 Å². The maximum absolute atomic E-state index is 12.8. The van der Waals surface area contributed by atoms with E-state index in [1.54, 1.807) is 13.0 Å². The number of pyridine rings is 1. The fraction of sp³-hybridized carbons (Fsp3) is 0.214. The summed E-state index contributed by atoms with van der Waals surface area (Å²) in [5, 5.41) is 0. The molecular formula is C14H15FN2O4S. The van der Waals surface area contributed by atoms with Crippen LogP contribution in [0.2, 0.25) is 0 Å². The zero-order valence-corrected chi connectivity index (χ0v) is 13.1. The zero-order chi connectivity index (χ0) is 16.3.